The zero-order valence-corrected chi connectivity index (χ0v) is 18.5. The fourth-order valence-corrected chi connectivity index (χ4v) is 4.63. The van der Waals surface area contributed by atoms with Crippen LogP contribution < -0.4 is 4.74 Å². The molecule has 0 atom stereocenters. The lowest BCUT2D eigenvalue weighted by Gasteiger charge is -2.08. The molecule has 0 amide bonds. The van der Waals surface area contributed by atoms with Gasteiger partial charge in [-0.15, -0.1) is 21.5 Å². The molecule has 8 heteroatoms. The van der Waals surface area contributed by atoms with Gasteiger partial charge >= 0.3 is 0 Å². The molecule has 4 rings (SSSR count). The van der Waals surface area contributed by atoms with Crippen molar-refractivity contribution in [2.75, 3.05) is 12.9 Å². The van der Waals surface area contributed by atoms with E-state index in [-0.39, 0.29) is 11.5 Å². The summed E-state index contributed by atoms with van der Waals surface area (Å²) in [5, 5.41) is 10.6. The molecule has 0 N–H and O–H groups in total. The number of carbonyl (C=O) groups excluding carboxylic acids is 1. The van der Waals surface area contributed by atoms with Gasteiger partial charge < -0.3 is 13.7 Å². The molecule has 1 aromatic carbocycles. The second-order valence-electron chi connectivity index (χ2n) is 6.74. The maximum atomic E-state index is 12.8. The first-order valence-corrected chi connectivity index (χ1v) is 11.3. The van der Waals surface area contributed by atoms with Gasteiger partial charge in [-0.1, -0.05) is 30.0 Å². The highest BCUT2D eigenvalue weighted by molar-refractivity contribution is 7.99. The van der Waals surface area contributed by atoms with Crippen LogP contribution in [0.1, 0.15) is 26.6 Å². The van der Waals surface area contributed by atoms with Crippen LogP contribution in [0.15, 0.2) is 57.5 Å². The van der Waals surface area contributed by atoms with Crippen molar-refractivity contribution in [1.29, 1.82) is 0 Å². The standard InChI is InChI=1S/C22H21N3O3S2/c1-14-11-18(15(2)25(14)12-16-7-6-10-29-16)19(26)13-30-22-24-23-21(28-22)17-8-4-5-9-20(17)27-3/h4-11H,12-13H2,1-3H3. The summed E-state index contributed by atoms with van der Waals surface area (Å²) >= 11 is 2.96. The van der Waals surface area contributed by atoms with Gasteiger partial charge in [-0.25, -0.2) is 0 Å². The van der Waals surface area contributed by atoms with Crippen molar-refractivity contribution < 1.29 is 13.9 Å². The van der Waals surface area contributed by atoms with Gasteiger partial charge in [-0.2, -0.15) is 0 Å². The Morgan fingerprint density at radius 1 is 1.20 bits per heavy atom. The molecular formula is C22H21N3O3S2. The van der Waals surface area contributed by atoms with Crippen LogP contribution in [0, 0.1) is 13.8 Å². The van der Waals surface area contributed by atoms with Crippen molar-refractivity contribution in [3.63, 3.8) is 0 Å². The number of para-hydroxylation sites is 1. The molecule has 0 saturated heterocycles. The molecular weight excluding hydrogens is 418 g/mol. The van der Waals surface area contributed by atoms with Crippen molar-refractivity contribution >= 4 is 28.9 Å². The summed E-state index contributed by atoms with van der Waals surface area (Å²) in [5.41, 5.74) is 3.51. The second kappa shape index (κ2) is 8.89. The van der Waals surface area contributed by atoms with Gasteiger partial charge in [-0.05, 0) is 43.5 Å². The maximum Gasteiger partial charge on any atom is 0.277 e. The van der Waals surface area contributed by atoms with Crippen molar-refractivity contribution in [2.24, 2.45) is 0 Å². The summed E-state index contributed by atoms with van der Waals surface area (Å²) < 4.78 is 13.2. The van der Waals surface area contributed by atoms with E-state index >= 15 is 0 Å². The number of hydrogen-bond acceptors (Lipinski definition) is 7. The van der Waals surface area contributed by atoms with Crippen LogP contribution in [0.4, 0.5) is 0 Å². The quantitative estimate of drug-likeness (QED) is 0.276. The lowest BCUT2D eigenvalue weighted by molar-refractivity contribution is 0.102. The monoisotopic (exact) mass is 439 g/mol. The number of methoxy groups -OCH3 is 1. The molecule has 0 radical (unpaired) electrons. The van der Waals surface area contributed by atoms with Crippen molar-refractivity contribution in [3.8, 4) is 17.2 Å². The normalized spacial score (nSPS) is 11.0. The van der Waals surface area contributed by atoms with Crippen molar-refractivity contribution in [2.45, 2.75) is 25.6 Å². The van der Waals surface area contributed by atoms with Gasteiger partial charge in [0, 0.05) is 21.8 Å². The average molecular weight is 440 g/mol. The van der Waals surface area contributed by atoms with Crippen LogP contribution in [0.2, 0.25) is 0 Å². The molecule has 3 heterocycles. The Morgan fingerprint density at radius 3 is 2.80 bits per heavy atom. The molecule has 0 fully saturated rings. The number of benzene rings is 1. The van der Waals surface area contributed by atoms with Crippen molar-refractivity contribution in [3.05, 3.63) is 69.7 Å². The van der Waals surface area contributed by atoms with Gasteiger partial charge in [0.2, 0.25) is 0 Å². The summed E-state index contributed by atoms with van der Waals surface area (Å²) in [7, 11) is 1.60. The number of hydrogen-bond donors (Lipinski definition) is 0. The second-order valence-corrected chi connectivity index (χ2v) is 8.69. The highest BCUT2D eigenvalue weighted by atomic mass is 32.2. The summed E-state index contributed by atoms with van der Waals surface area (Å²) in [6.07, 6.45) is 0. The third-order valence-corrected chi connectivity index (χ3v) is 6.52. The van der Waals surface area contributed by atoms with E-state index in [2.05, 4.69) is 26.2 Å². The number of thioether (sulfide) groups is 1. The van der Waals surface area contributed by atoms with E-state index in [0.29, 0.717) is 16.9 Å². The molecule has 0 saturated carbocycles. The Balaban J connectivity index is 1.45. The molecule has 0 unspecified atom stereocenters. The molecule has 0 aliphatic rings. The smallest absolute Gasteiger partial charge is 0.277 e. The zero-order valence-electron chi connectivity index (χ0n) is 16.9. The number of ketones is 1. The predicted octanol–water partition coefficient (Wildman–Crippen LogP) is 5.25. The van der Waals surface area contributed by atoms with Gasteiger partial charge in [0.1, 0.15) is 5.75 Å². The van der Waals surface area contributed by atoms with Crippen LogP contribution in [0.25, 0.3) is 11.5 Å². The van der Waals surface area contributed by atoms with Crippen LogP contribution in [-0.2, 0) is 6.54 Å². The molecule has 3 aromatic heterocycles. The Morgan fingerprint density at radius 2 is 2.03 bits per heavy atom. The van der Waals surface area contributed by atoms with E-state index in [9.17, 15) is 4.79 Å². The van der Waals surface area contributed by atoms with Crippen molar-refractivity contribution in [1.82, 2.24) is 14.8 Å². The Hall–Kier alpha value is -2.84. The van der Waals surface area contributed by atoms with E-state index in [0.717, 1.165) is 29.1 Å². The lowest BCUT2D eigenvalue weighted by atomic mass is 10.2. The first kappa shape index (κ1) is 20.4. The highest BCUT2D eigenvalue weighted by Crippen LogP contribution is 2.30. The van der Waals surface area contributed by atoms with E-state index in [1.54, 1.807) is 18.4 Å². The number of aromatic nitrogens is 3. The summed E-state index contributed by atoms with van der Waals surface area (Å²) in [4.78, 5) is 14.1. The highest BCUT2D eigenvalue weighted by Gasteiger charge is 2.19. The number of rotatable bonds is 8. The predicted molar refractivity (Wildman–Crippen MR) is 119 cm³/mol. The fraction of sp³-hybridized carbons (Fsp3) is 0.227. The van der Waals surface area contributed by atoms with Gasteiger partial charge in [0.15, 0.2) is 5.78 Å². The first-order valence-electron chi connectivity index (χ1n) is 9.39. The number of thiophene rings is 1. The number of carbonyl (C=O) groups is 1. The van der Waals surface area contributed by atoms with Gasteiger partial charge in [0.25, 0.3) is 11.1 Å². The Bertz CT molecular complexity index is 1160. The van der Waals surface area contributed by atoms with Gasteiger partial charge in [-0.3, -0.25) is 4.79 Å². The van der Waals surface area contributed by atoms with E-state index < -0.39 is 0 Å². The van der Waals surface area contributed by atoms with Crippen LogP contribution in [0.3, 0.4) is 0 Å². The first-order chi connectivity index (χ1) is 14.6. The molecule has 0 aliphatic carbocycles. The third-order valence-electron chi connectivity index (χ3n) is 4.84. The molecule has 6 nitrogen and oxygen atoms in total. The van der Waals surface area contributed by atoms with E-state index in [1.165, 1.54) is 16.6 Å². The van der Waals surface area contributed by atoms with Crippen LogP contribution >= 0.6 is 23.1 Å². The molecule has 4 aromatic rings. The van der Waals surface area contributed by atoms with Crippen LogP contribution in [0.5, 0.6) is 5.75 Å². The Kier molecular flexibility index (Phi) is 6.06. The summed E-state index contributed by atoms with van der Waals surface area (Å²) in [6, 6.07) is 13.6. The minimum atomic E-state index is 0.0440. The van der Waals surface area contributed by atoms with Gasteiger partial charge in [0.05, 0.1) is 25.0 Å². The van der Waals surface area contributed by atoms with E-state index in [4.69, 9.17) is 9.15 Å². The fourth-order valence-electron chi connectivity index (χ4n) is 3.29. The molecule has 154 valence electrons. The topological polar surface area (TPSA) is 70.2 Å². The molecule has 0 bridgehead atoms. The SMILES string of the molecule is COc1ccccc1-c1nnc(SCC(=O)c2cc(C)n(Cc3cccs3)c2C)o1. The number of aryl methyl sites for hydroxylation is 1. The lowest BCUT2D eigenvalue weighted by Crippen LogP contribution is -2.07. The minimum Gasteiger partial charge on any atom is -0.496 e. The summed E-state index contributed by atoms with van der Waals surface area (Å²) in [6.45, 7) is 4.80. The largest absolute Gasteiger partial charge is 0.496 e. The maximum absolute atomic E-state index is 12.8. The third kappa shape index (κ3) is 4.20. The number of Topliss-reactive ketones (excluding diaryl/α,β-unsaturated/α-hetero) is 1. The van der Waals surface area contributed by atoms with E-state index in [1.807, 2.05) is 50.2 Å². The molecule has 0 spiro atoms. The number of ether oxygens (including phenoxy) is 1. The Labute approximate surface area is 182 Å². The number of nitrogens with zero attached hydrogens (tertiary/aromatic N) is 3. The zero-order chi connectivity index (χ0) is 21.1. The molecule has 0 aliphatic heterocycles. The molecule has 30 heavy (non-hydrogen) atoms. The minimum absolute atomic E-state index is 0.0440. The summed E-state index contributed by atoms with van der Waals surface area (Å²) in [5.74, 6) is 1.31. The van der Waals surface area contributed by atoms with Crippen LogP contribution in [-0.4, -0.2) is 33.4 Å². The average Bonchev–Trinajstić information content (AvgIpc) is 3.50.